The predicted octanol–water partition coefficient (Wildman–Crippen LogP) is 0.522. The molecule has 0 aromatic heterocycles. The van der Waals surface area contributed by atoms with Gasteiger partial charge in [0.2, 0.25) is 0 Å². The molecule has 0 heterocycles. The number of hydrogen-bond acceptors (Lipinski definition) is 2. The van der Waals surface area contributed by atoms with E-state index < -0.39 is 6.80 Å². The molecule has 1 atom stereocenters. The van der Waals surface area contributed by atoms with Crippen LogP contribution in [0.2, 0.25) is 0 Å². The summed E-state index contributed by atoms with van der Waals surface area (Å²) in [6.07, 6.45) is 0.892. The van der Waals surface area contributed by atoms with Gasteiger partial charge in [0.1, 0.15) is 6.80 Å². The third kappa shape index (κ3) is 4.36. The van der Waals surface area contributed by atoms with Crippen LogP contribution < -0.4 is 5.32 Å². The molecule has 9 heavy (non-hydrogen) atoms. The molecule has 0 saturated heterocycles. The van der Waals surface area contributed by atoms with Crippen molar-refractivity contribution in [3.8, 4) is 0 Å². The van der Waals surface area contributed by atoms with Crippen molar-refractivity contribution in [1.29, 1.82) is 0 Å². The first kappa shape index (κ1) is 8.85. The molecule has 3 heteroatoms. The summed E-state index contributed by atoms with van der Waals surface area (Å²) in [4.78, 5) is 0. The number of alkyl halides is 1. The molecule has 1 unspecified atom stereocenters. The Hall–Kier alpha value is -0.150. The molecule has 0 rings (SSSR count). The maximum absolute atomic E-state index is 11.4. The first-order valence-corrected chi connectivity index (χ1v) is 3.22. The van der Waals surface area contributed by atoms with Gasteiger partial charge in [-0.3, -0.25) is 5.32 Å². The van der Waals surface area contributed by atoms with Crippen LogP contribution in [-0.4, -0.2) is 25.1 Å². The summed E-state index contributed by atoms with van der Waals surface area (Å²) in [6, 6.07) is 0. The van der Waals surface area contributed by atoms with Crippen LogP contribution in [0.5, 0.6) is 0 Å². The lowest BCUT2D eigenvalue weighted by Gasteiger charge is -2.09. The molecule has 0 aliphatic heterocycles. The van der Waals surface area contributed by atoms with Crippen molar-refractivity contribution in [2.24, 2.45) is 5.92 Å². The van der Waals surface area contributed by atoms with Crippen LogP contribution in [0.1, 0.15) is 13.3 Å². The van der Waals surface area contributed by atoms with Crippen molar-refractivity contribution in [3.63, 3.8) is 0 Å². The summed E-state index contributed by atoms with van der Waals surface area (Å²) in [5.74, 6) is 0.209. The third-order valence-electron chi connectivity index (χ3n) is 1.36. The zero-order valence-corrected chi connectivity index (χ0v) is 5.73. The van der Waals surface area contributed by atoms with Crippen LogP contribution in [0.15, 0.2) is 0 Å². The van der Waals surface area contributed by atoms with Gasteiger partial charge in [0.05, 0.1) is 0 Å². The van der Waals surface area contributed by atoms with Crippen molar-refractivity contribution in [2.45, 2.75) is 13.3 Å². The second kappa shape index (κ2) is 5.98. The smallest absolute Gasteiger partial charge is 0.140 e. The minimum Gasteiger partial charge on any atom is -0.396 e. The molecule has 2 nitrogen and oxygen atoms in total. The van der Waals surface area contributed by atoms with E-state index in [1.165, 1.54) is 0 Å². The fraction of sp³-hybridized carbons (Fsp3) is 1.00. The van der Waals surface area contributed by atoms with E-state index in [1.807, 2.05) is 6.92 Å². The van der Waals surface area contributed by atoms with Gasteiger partial charge in [-0.05, 0) is 12.3 Å². The van der Waals surface area contributed by atoms with Gasteiger partial charge in [0.25, 0.3) is 0 Å². The summed E-state index contributed by atoms with van der Waals surface area (Å²) >= 11 is 0. The van der Waals surface area contributed by atoms with Gasteiger partial charge in [-0.25, -0.2) is 4.39 Å². The van der Waals surface area contributed by atoms with E-state index in [-0.39, 0.29) is 12.5 Å². The Morgan fingerprint density at radius 3 is 2.67 bits per heavy atom. The molecule has 0 radical (unpaired) electrons. The molecule has 0 spiro atoms. The Morgan fingerprint density at radius 1 is 1.67 bits per heavy atom. The highest BCUT2D eigenvalue weighted by molar-refractivity contribution is 4.55. The number of aliphatic hydroxyl groups excluding tert-OH is 1. The summed E-state index contributed by atoms with van der Waals surface area (Å²) < 4.78 is 11.4. The fourth-order valence-corrected chi connectivity index (χ4v) is 0.597. The Labute approximate surface area is 55.1 Å². The number of aliphatic hydroxyl groups is 1. The summed E-state index contributed by atoms with van der Waals surface area (Å²) in [5.41, 5.74) is 0. The van der Waals surface area contributed by atoms with Crippen LogP contribution in [0.3, 0.4) is 0 Å². The lowest BCUT2D eigenvalue weighted by atomic mass is 10.1. The predicted molar refractivity (Wildman–Crippen MR) is 34.8 cm³/mol. The Kier molecular flexibility index (Phi) is 5.88. The van der Waals surface area contributed by atoms with Crippen molar-refractivity contribution in [3.05, 3.63) is 0 Å². The molecule has 0 aliphatic carbocycles. The zero-order valence-electron chi connectivity index (χ0n) is 5.73. The molecule has 0 fully saturated rings. The highest BCUT2D eigenvalue weighted by Crippen LogP contribution is 1.97. The van der Waals surface area contributed by atoms with E-state index in [0.717, 1.165) is 6.42 Å². The summed E-state index contributed by atoms with van der Waals surface area (Å²) in [6.45, 7) is 2.18. The lowest BCUT2D eigenvalue weighted by Crippen LogP contribution is -2.23. The first-order chi connectivity index (χ1) is 4.35. The standard InChI is InChI=1S/C6H14FNO/c1-2-6(4-9)3-8-5-7/h6,8-9H,2-5H2,1H3. The van der Waals surface area contributed by atoms with Gasteiger partial charge in [0, 0.05) is 13.2 Å². The van der Waals surface area contributed by atoms with Crippen molar-refractivity contribution >= 4 is 0 Å². The lowest BCUT2D eigenvalue weighted by molar-refractivity contribution is 0.214. The minimum atomic E-state index is -0.503. The van der Waals surface area contributed by atoms with E-state index in [2.05, 4.69) is 5.32 Å². The van der Waals surface area contributed by atoms with Crippen molar-refractivity contribution < 1.29 is 9.50 Å². The molecule has 0 aromatic carbocycles. The average Bonchev–Trinajstić information content (AvgIpc) is 1.91. The van der Waals surface area contributed by atoms with E-state index >= 15 is 0 Å². The van der Waals surface area contributed by atoms with Crippen LogP contribution in [0.4, 0.5) is 4.39 Å². The summed E-state index contributed by atoms with van der Waals surface area (Å²) in [7, 11) is 0. The van der Waals surface area contributed by atoms with Crippen LogP contribution in [0, 0.1) is 5.92 Å². The SMILES string of the molecule is CCC(CO)CNCF. The third-order valence-corrected chi connectivity index (χ3v) is 1.36. The monoisotopic (exact) mass is 135 g/mol. The first-order valence-electron chi connectivity index (χ1n) is 3.22. The normalized spacial score (nSPS) is 13.7. The van der Waals surface area contributed by atoms with Gasteiger partial charge in [0.15, 0.2) is 0 Å². The van der Waals surface area contributed by atoms with Crippen molar-refractivity contribution in [2.75, 3.05) is 20.0 Å². The minimum absolute atomic E-state index is 0.142. The number of hydrogen-bond donors (Lipinski definition) is 2. The Balaban J connectivity index is 3.09. The molecule has 0 amide bonds. The molecular weight excluding hydrogens is 121 g/mol. The summed E-state index contributed by atoms with van der Waals surface area (Å²) in [5, 5.41) is 11.1. The molecule has 0 bridgehead atoms. The molecule has 2 N–H and O–H groups in total. The van der Waals surface area contributed by atoms with Gasteiger partial charge < -0.3 is 5.11 Å². The average molecular weight is 135 g/mol. The number of halogens is 1. The molecule has 0 saturated carbocycles. The largest absolute Gasteiger partial charge is 0.396 e. The highest BCUT2D eigenvalue weighted by Gasteiger charge is 2.01. The zero-order chi connectivity index (χ0) is 7.11. The van der Waals surface area contributed by atoms with E-state index in [9.17, 15) is 4.39 Å². The van der Waals surface area contributed by atoms with E-state index in [4.69, 9.17) is 5.11 Å². The molecule has 0 aliphatic rings. The fourth-order valence-electron chi connectivity index (χ4n) is 0.597. The number of rotatable bonds is 5. The Bertz CT molecular complexity index is 57.0. The maximum atomic E-state index is 11.4. The van der Waals surface area contributed by atoms with E-state index in [0.29, 0.717) is 6.54 Å². The van der Waals surface area contributed by atoms with Crippen molar-refractivity contribution in [1.82, 2.24) is 5.32 Å². The maximum Gasteiger partial charge on any atom is 0.140 e. The van der Waals surface area contributed by atoms with Gasteiger partial charge in [-0.1, -0.05) is 6.92 Å². The molecule has 0 aromatic rings. The van der Waals surface area contributed by atoms with E-state index in [1.54, 1.807) is 0 Å². The van der Waals surface area contributed by atoms with Gasteiger partial charge >= 0.3 is 0 Å². The van der Waals surface area contributed by atoms with Crippen LogP contribution in [0.25, 0.3) is 0 Å². The highest BCUT2D eigenvalue weighted by atomic mass is 19.1. The number of nitrogens with one attached hydrogen (secondary N) is 1. The van der Waals surface area contributed by atoms with Crippen LogP contribution >= 0.6 is 0 Å². The second-order valence-corrected chi connectivity index (χ2v) is 2.04. The van der Waals surface area contributed by atoms with Gasteiger partial charge in [-0.15, -0.1) is 0 Å². The van der Waals surface area contributed by atoms with Crippen LogP contribution in [-0.2, 0) is 0 Å². The second-order valence-electron chi connectivity index (χ2n) is 2.04. The topological polar surface area (TPSA) is 32.3 Å². The molecule has 56 valence electrons. The quantitative estimate of drug-likeness (QED) is 0.539. The molecular formula is C6H14FNO. The Morgan fingerprint density at radius 2 is 2.33 bits per heavy atom. The van der Waals surface area contributed by atoms with Gasteiger partial charge in [-0.2, -0.15) is 0 Å².